The zero-order valence-electron chi connectivity index (χ0n) is 32.9. The topological polar surface area (TPSA) is 3.24 Å². The highest BCUT2D eigenvalue weighted by molar-refractivity contribution is 6.02. The first-order chi connectivity index (χ1) is 26.7. The lowest BCUT2D eigenvalue weighted by atomic mass is 9.90. The molecule has 0 aliphatic carbocycles. The highest BCUT2D eigenvalue weighted by atomic mass is 15.2. The van der Waals surface area contributed by atoms with Crippen LogP contribution in [0.1, 0.15) is 75.9 Å². The average Bonchev–Trinajstić information content (AvgIpc) is 3.32. The third-order valence-corrected chi connectivity index (χ3v) is 11.2. The standard InChI is InChI=1S/C54H49N/c1-7-40(6)55-53-30-20-41(32-49(43-22-12-36(2)13-23-43)44-24-14-37(3)15-25-44)34-51(53)47-10-8-9-11-48(47)52-35-42(21-31-54(52)55)33-50(45-26-16-38(4)17-27-45)46-28-18-39(5)19-29-46/h8-35,40H,7H2,1-6H3. The SMILES string of the molecule is CCC(C)N1c2ccc(C=C(c3ccc(C)cc3)c3ccc(C)cc3)cc2-c2ccccc2-c2cc(C=C(c3ccc(C)cc3)c3ccc(C)cc3)ccc21. The Labute approximate surface area is 328 Å². The third-order valence-electron chi connectivity index (χ3n) is 11.2. The summed E-state index contributed by atoms with van der Waals surface area (Å²) in [7, 11) is 0. The van der Waals surface area contributed by atoms with Crippen LogP contribution in [0.3, 0.4) is 0 Å². The first-order valence-corrected chi connectivity index (χ1v) is 19.6. The molecule has 0 amide bonds. The zero-order chi connectivity index (χ0) is 38.1. The summed E-state index contributed by atoms with van der Waals surface area (Å²) in [6.07, 6.45) is 5.75. The Bertz CT molecular complexity index is 2260. The lowest BCUT2D eigenvalue weighted by Crippen LogP contribution is -2.28. The van der Waals surface area contributed by atoms with E-state index in [0.29, 0.717) is 6.04 Å². The van der Waals surface area contributed by atoms with Crippen molar-refractivity contribution < 1.29 is 0 Å². The van der Waals surface area contributed by atoms with Gasteiger partial charge in [-0.15, -0.1) is 0 Å². The Morgan fingerprint density at radius 2 is 0.764 bits per heavy atom. The molecule has 7 aromatic carbocycles. The predicted molar refractivity (Wildman–Crippen MR) is 238 cm³/mol. The molecule has 7 aromatic rings. The number of fused-ring (bicyclic) bond motifs is 5. The molecular formula is C54H49N. The summed E-state index contributed by atoms with van der Waals surface area (Å²) in [6.45, 7) is 13.2. The largest absolute Gasteiger partial charge is 0.338 e. The van der Waals surface area contributed by atoms with Crippen LogP contribution in [0.4, 0.5) is 11.4 Å². The van der Waals surface area contributed by atoms with Crippen molar-refractivity contribution in [3.05, 3.63) is 213 Å². The van der Waals surface area contributed by atoms with Crippen molar-refractivity contribution in [2.24, 2.45) is 0 Å². The number of hydrogen-bond donors (Lipinski definition) is 0. The quantitative estimate of drug-likeness (QED) is 0.142. The molecule has 0 saturated carbocycles. The summed E-state index contributed by atoms with van der Waals surface area (Å²) in [5.41, 5.74) is 22.2. The second-order valence-corrected chi connectivity index (χ2v) is 15.3. The number of benzene rings is 7. The summed E-state index contributed by atoms with van der Waals surface area (Å²) in [5, 5.41) is 0. The minimum atomic E-state index is 0.293. The van der Waals surface area contributed by atoms with Gasteiger partial charge in [-0.1, -0.05) is 163 Å². The van der Waals surface area contributed by atoms with Crippen LogP contribution in [0.5, 0.6) is 0 Å². The average molecular weight is 712 g/mol. The smallest absolute Gasteiger partial charge is 0.0493 e. The summed E-state index contributed by atoms with van der Waals surface area (Å²) in [4.78, 5) is 2.58. The van der Waals surface area contributed by atoms with Gasteiger partial charge in [-0.25, -0.2) is 0 Å². The molecule has 0 spiro atoms. The second-order valence-electron chi connectivity index (χ2n) is 15.3. The van der Waals surface area contributed by atoms with Crippen LogP contribution in [-0.2, 0) is 0 Å². The molecular weight excluding hydrogens is 663 g/mol. The van der Waals surface area contributed by atoms with E-state index >= 15 is 0 Å². The molecule has 1 aliphatic heterocycles. The molecule has 1 heterocycles. The van der Waals surface area contributed by atoms with Crippen LogP contribution in [0.25, 0.3) is 45.6 Å². The fourth-order valence-electron chi connectivity index (χ4n) is 7.81. The van der Waals surface area contributed by atoms with E-state index in [1.54, 1.807) is 0 Å². The van der Waals surface area contributed by atoms with Gasteiger partial charge in [0.15, 0.2) is 0 Å². The van der Waals surface area contributed by atoms with Crippen molar-refractivity contribution in [1.29, 1.82) is 0 Å². The first-order valence-electron chi connectivity index (χ1n) is 19.6. The van der Waals surface area contributed by atoms with Gasteiger partial charge in [0.05, 0.1) is 0 Å². The van der Waals surface area contributed by atoms with Crippen molar-refractivity contribution in [3.63, 3.8) is 0 Å². The molecule has 0 fully saturated rings. The maximum Gasteiger partial charge on any atom is 0.0493 e. The Morgan fingerprint density at radius 3 is 1.07 bits per heavy atom. The van der Waals surface area contributed by atoms with E-state index in [2.05, 4.69) is 216 Å². The molecule has 0 saturated heterocycles. The number of nitrogens with zero attached hydrogens (tertiary/aromatic N) is 1. The molecule has 0 bridgehead atoms. The highest BCUT2D eigenvalue weighted by Crippen LogP contribution is 2.50. The molecule has 0 aromatic heterocycles. The molecule has 1 atom stereocenters. The zero-order valence-corrected chi connectivity index (χ0v) is 32.9. The Hall–Kier alpha value is -6.18. The van der Waals surface area contributed by atoms with E-state index in [9.17, 15) is 0 Å². The molecule has 270 valence electrons. The molecule has 1 unspecified atom stereocenters. The van der Waals surface area contributed by atoms with Gasteiger partial charge in [-0.3, -0.25) is 0 Å². The molecule has 55 heavy (non-hydrogen) atoms. The van der Waals surface area contributed by atoms with Crippen LogP contribution < -0.4 is 4.90 Å². The van der Waals surface area contributed by atoms with Crippen molar-refractivity contribution in [1.82, 2.24) is 0 Å². The van der Waals surface area contributed by atoms with E-state index in [-0.39, 0.29) is 0 Å². The van der Waals surface area contributed by atoms with Crippen LogP contribution >= 0.6 is 0 Å². The van der Waals surface area contributed by atoms with Crippen LogP contribution in [0.2, 0.25) is 0 Å². The summed E-state index contributed by atoms with van der Waals surface area (Å²) in [6, 6.07) is 59.0. The van der Waals surface area contributed by atoms with Gasteiger partial charge >= 0.3 is 0 Å². The number of rotatable bonds is 8. The van der Waals surface area contributed by atoms with Gasteiger partial charge in [0.2, 0.25) is 0 Å². The fraction of sp³-hybridized carbons (Fsp3) is 0.148. The van der Waals surface area contributed by atoms with Crippen molar-refractivity contribution in [3.8, 4) is 22.3 Å². The first kappa shape index (κ1) is 35.8. The minimum absolute atomic E-state index is 0.293. The molecule has 1 nitrogen and oxygen atoms in total. The Kier molecular flexibility index (Phi) is 9.96. The maximum atomic E-state index is 2.58. The minimum Gasteiger partial charge on any atom is -0.338 e. The second kappa shape index (κ2) is 15.3. The normalized spacial score (nSPS) is 12.1. The monoisotopic (exact) mass is 711 g/mol. The van der Waals surface area contributed by atoms with Gasteiger partial charge in [0, 0.05) is 28.5 Å². The van der Waals surface area contributed by atoms with Gasteiger partial charge in [0.25, 0.3) is 0 Å². The molecule has 0 radical (unpaired) electrons. The van der Waals surface area contributed by atoms with Crippen LogP contribution in [0.15, 0.2) is 158 Å². The highest BCUT2D eigenvalue weighted by Gasteiger charge is 2.28. The van der Waals surface area contributed by atoms with Gasteiger partial charge in [-0.2, -0.15) is 0 Å². The lowest BCUT2D eigenvalue weighted by molar-refractivity contribution is 0.689. The molecule has 0 N–H and O–H groups in total. The molecule has 8 rings (SSSR count). The molecule has 1 heteroatoms. The van der Waals surface area contributed by atoms with E-state index in [1.807, 2.05) is 0 Å². The van der Waals surface area contributed by atoms with Crippen LogP contribution in [0, 0.1) is 27.7 Å². The maximum absolute atomic E-state index is 2.58. The van der Waals surface area contributed by atoms with Crippen molar-refractivity contribution in [2.45, 2.75) is 54.0 Å². The number of hydrogen-bond acceptors (Lipinski definition) is 1. The van der Waals surface area contributed by atoms with Crippen molar-refractivity contribution >= 4 is 34.7 Å². The van der Waals surface area contributed by atoms with E-state index in [1.165, 1.54) is 100 Å². The molecule has 1 aliphatic rings. The Balaban J connectivity index is 1.30. The van der Waals surface area contributed by atoms with Gasteiger partial charge in [0.1, 0.15) is 0 Å². The third kappa shape index (κ3) is 7.36. The summed E-state index contributed by atoms with van der Waals surface area (Å²) >= 11 is 0. The number of anilines is 2. The van der Waals surface area contributed by atoms with Gasteiger partial charge in [-0.05, 0) is 133 Å². The number of aryl methyl sites for hydroxylation is 4. The summed E-state index contributed by atoms with van der Waals surface area (Å²) in [5.74, 6) is 0. The predicted octanol–water partition coefficient (Wildman–Crippen LogP) is 14.7. The lowest BCUT2D eigenvalue weighted by Gasteiger charge is -2.33. The van der Waals surface area contributed by atoms with E-state index in [0.717, 1.165) is 6.42 Å². The fourth-order valence-corrected chi connectivity index (χ4v) is 7.81. The van der Waals surface area contributed by atoms with Crippen molar-refractivity contribution in [2.75, 3.05) is 4.90 Å². The van der Waals surface area contributed by atoms with E-state index in [4.69, 9.17) is 0 Å². The van der Waals surface area contributed by atoms with Gasteiger partial charge < -0.3 is 4.90 Å². The van der Waals surface area contributed by atoms with Crippen LogP contribution in [-0.4, -0.2) is 6.04 Å². The summed E-state index contributed by atoms with van der Waals surface area (Å²) < 4.78 is 0. The Morgan fingerprint density at radius 1 is 0.436 bits per heavy atom. The van der Waals surface area contributed by atoms with E-state index < -0.39 is 0 Å².